The Bertz CT molecular complexity index is 514. The van der Waals surface area contributed by atoms with Crippen LogP contribution in [0, 0.1) is 6.57 Å². The lowest BCUT2D eigenvalue weighted by Gasteiger charge is -2.16. The van der Waals surface area contributed by atoms with Crippen LogP contribution in [-0.2, 0) is 0 Å². The Kier molecular flexibility index (Phi) is 2.68. The fourth-order valence-corrected chi connectivity index (χ4v) is 1.41. The van der Waals surface area contributed by atoms with E-state index in [2.05, 4.69) is 9.58 Å². The summed E-state index contributed by atoms with van der Waals surface area (Å²) in [6.45, 7) is 6.94. The van der Waals surface area contributed by atoms with E-state index in [9.17, 15) is 13.2 Å². The number of hydrogen-bond donors (Lipinski definition) is 0. The minimum absolute atomic E-state index is 0.135. The lowest BCUT2D eigenvalue weighted by atomic mass is 10.1. The third-order valence-electron chi connectivity index (χ3n) is 2.06. The molecular weight excluding hydrogens is 235 g/mol. The van der Waals surface area contributed by atoms with Crippen LogP contribution in [0.5, 0.6) is 11.5 Å². The summed E-state index contributed by atoms with van der Waals surface area (Å²) in [5.41, 5.74) is 0.741. The van der Waals surface area contributed by atoms with Gasteiger partial charge in [-0.25, -0.2) is 4.85 Å². The molecular formula is C11H6F3NO2. The van der Waals surface area contributed by atoms with Crippen LogP contribution in [0.3, 0.4) is 0 Å². The van der Waals surface area contributed by atoms with Gasteiger partial charge in [-0.1, -0.05) is 0 Å². The summed E-state index contributed by atoms with van der Waals surface area (Å²) in [7, 11) is 0. The first-order valence-electron chi connectivity index (χ1n) is 4.58. The Morgan fingerprint density at radius 2 is 2.12 bits per heavy atom. The van der Waals surface area contributed by atoms with Crippen molar-refractivity contribution >= 4 is 6.08 Å². The van der Waals surface area contributed by atoms with Gasteiger partial charge in [0.25, 0.3) is 0 Å². The van der Waals surface area contributed by atoms with Crippen molar-refractivity contribution in [1.29, 1.82) is 0 Å². The van der Waals surface area contributed by atoms with E-state index in [0.29, 0.717) is 17.0 Å². The molecule has 1 aromatic rings. The smallest absolute Gasteiger partial charge is 0.499 e. The van der Waals surface area contributed by atoms with Gasteiger partial charge in [0.05, 0.1) is 6.57 Å². The summed E-state index contributed by atoms with van der Waals surface area (Å²) < 4.78 is 45.0. The standard InChI is InChI=1S/C11H6F3NO2/c1-15-8-4-7-5-9(17-11(12,13)14)2-3-10(7)16-6-8/h2-5H,6H2. The van der Waals surface area contributed by atoms with Crippen molar-refractivity contribution in [2.75, 3.05) is 6.61 Å². The van der Waals surface area contributed by atoms with Crippen molar-refractivity contribution in [2.24, 2.45) is 0 Å². The zero-order chi connectivity index (χ0) is 12.5. The van der Waals surface area contributed by atoms with Crippen LogP contribution in [0.25, 0.3) is 10.9 Å². The van der Waals surface area contributed by atoms with Crippen LogP contribution < -0.4 is 9.47 Å². The fourth-order valence-electron chi connectivity index (χ4n) is 1.41. The Hall–Kier alpha value is -2.16. The summed E-state index contributed by atoms with van der Waals surface area (Å²) in [5, 5.41) is 0. The first kappa shape index (κ1) is 11.3. The molecule has 0 spiro atoms. The Labute approximate surface area is 94.9 Å². The van der Waals surface area contributed by atoms with E-state index in [1.54, 1.807) is 0 Å². The zero-order valence-electron chi connectivity index (χ0n) is 8.41. The zero-order valence-corrected chi connectivity index (χ0v) is 8.41. The number of nitrogens with zero attached hydrogens (tertiary/aromatic N) is 1. The molecule has 1 aliphatic rings. The number of rotatable bonds is 1. The quantitative estimate of drug-likeness (QED) is 0.704. The maximum atomic E-state index is 12.0. The third-order valence-corrected chi connectivity index (χ3v) is 2.06. The molecule has 0 fully saturated rings. The summed E-state index contributed by atoms with van der Waals surface area (Å²) in [6, 6.07) is 3.74. The minimum Gasteiger partial charge on any atom is -0.499 e. The van der Waals surface area contributed by atoms with Crippen LogP contribution in [0.2, 0.25) is 0 Å². The number of alkyl halides is 3. The van der Waals surface area contributed by atoms with Crippen molar-refractivity contribution in [3.63, 3.8) is 0 Å². The van der Waals surface area contributed by atoms with E-state index in [-0.39, 0.29) is 12.4 Å². The molecule has 17 heavy (non-hydrogen) atoms. The average molecular weight is 241 g/mol. The predicted octanol–water partition coefficient (Wildman–Crippen LogP) is 3.24. The van der Waals surface area contributed by atoms with Gasteiger partial charge in [-0.3, -0.25) is 0 Å². The molecule has 3 nitrogen and oxygen atoms in total. The maximum Gasteiger partial charge on any atom is 0.573 e. The molecule has 1 aliphatic heterocycles. The molecule has 0 aliphatic carbocycles. The molecule has 0 radical (unpaired) electrons. The van der Waals surface area contributed by atoms with Crippen molar-refractivity contribution in [3.05, 3.63) is 40.9 Å². The molecule has 0 aromatic heterocycles. The first-order chi connectivity index (χ1) is 7.98. The van der Waals surface area contributed by atoms with Crippen molar-refractivity contribution in [1.82, 2.24) is 0 Å². The Morgan fingerprint density at radius 3 is 2.76 bits per heavy atom. The topological polar surface area (TPSA) is 22.8 Å². The second-order valence-electron chi connectivity index (χ2n) is 3.28. The molecule has 0 atom stereocenters. The molecule has 88 valence electrons. The molecule has 0 bridgehead atoms. The summed E-state index contributed by atoms with van der Waals surface area (Å²) in [5.74, 6) is 0.106. The van der Waals surface area contributed by atoms with Gasteiger partial charge in [-0.05, 0) is 24.3 Å². The van der Waals surface area contributed by atoms with Gasteiger partial charge >= 0.3 is 6.36 Å². The van der Waals surface area contributed by atoms with Crippen LogP contribution in [-0.4, -0.2) is 13.0 Å². The third kappa shape index (κ3) is 2.69. The monoisotopic (exact) mass is 241 g/mol. The summed E-state index contributed by atoms with van der Waals surface area (Å²) in [4.78, 5) is 3.17. The minimum atomic E-state index is -4.73. The summed E-state index contributed by atoms with van der Waals surface area (Å²) in [6.07, 6.45) is -3.24. The van der Waals surface area contributed by atoms with Crippen molar-refractivity contribution in [3.8, 4) is 11.5 Å². The van der Waals surface area contributed by atoms with Gasteiger partial charge in [0, 0.05) is 5.56 Å². The molecule has 1 aromatic carbocycles. The average Bonchev–Trinajstić information content (AvgIpc) is 2.26. The number of halogens is 3. The number of fused-ring (bicyclic) bond motifs is 1. The normalized spacial score (nSPS) is 14.1. The molecule has 0 saturated carbocycles. The number of hydrogen-bond acceptors (Lipinski definition) is 2. The largest absolute Gasteiger partial charge is 0.573 e. The Balaban J connectivity index is 2.32. The van der Waals surface area contributed by atoms with E-state index in [1.165, 1.54) is 24.3 Å². The molecule has 1 heterocycles. The first-order valence-corrected chi connectivity index (χ1v) is 4.58. The van der Waals surface area contributed by atoms with Gasteiger partial charge in [-0.2, -0.15) is 0 Å². The second kappa shape index (κ2) is 4.01. The summed E-state index contributed by atoms with van der Waals surface area (Å²) >= 11 is 0. The predicted molar refractivity (Wildman–Crippen MR) is 53.2 cm³/mol. The van der Waals surface area contributed by atoms with E-state index in [1.807, 2.05) is 0 Å². The van der Waals surface area contributed by atoms with Gasteiger partial charge in [-0.15, -0.1) is 13.2 Å². The Morgan fingerprint density at radius 1 is 1.35 bits per heavy atom. The number of ether oxygens (including phenoxy) is 2. The molecule has 6 heteroatoms. The molecule has 0 amide bonds. The highest BCUT2D eigenvalue weighted by atomic mass is 19.4. The SMILES string of the molecule is [C-]#[N+]C1=Cc2cc(OC(F)(F)F)ccc2OC1. The van der Waals surface area contributed by atoms with Crippen LogP contribution in [0.1, 0.15) is 5.56 Å². The lowest BCUT2D eigenvalue weighted by molar-refractivity contribution is -0.274. The molecule has 0 N–H and O–H groups in total. The van der Waals surface area contributed by atoms with Crippen LogP contribution in [0.15, 0.2) is 23.9 Å². The van der Waals surface area contributed by atoms with Gasteiger partial charge in [0.1, 0.15) is 18.1 Å². The molecule has 0 saturated heterocycles. The van der Waals surface area contributed by atoms with Crippen LogP contribution >= 0.6 is 0 Å². The lowest BCUT2D eigenvalue weighted by Crippen LogP contribution is -2.17. The van der Waals surface area contributed by atoms with Crippen molar-refractivity contribution < 1.29 is 22.6 Å². The second-order valence-corrected chi connectivity index (χ2v) is 3.28. The highest BCUT2D eigenvalue weighted by molar-refractivity contribution is 5.65. The highest BCUT2D eigenvalue weighted by Gasteiger charge is 2.31. The van der Waals surface area contributed by atoms with Gasteiger partial charge in [0.15, 0.2) is 0 Å². The molecule has 0 unspecified atom stereocenters. The number of benzene rings is 1. The fraction of sp³-hybridized carbons (Fsp3) is 0.182. The highest BCUT2D eigenvalue weighted by Crippen LogP contribution is 2.32. The van der Waals surface area contributed by atoms with Crippen LogP contribution in [0.4, 0.5) is 13.2 Å². The van der Waals surface area contributed by atoms with Gasteiger partial charge in [0.2, 0.25) is 5.70 Å². The van der Waals surface area contributed by atoms with Crippen molar-refractivity contribution in [2.45, 2.75) is 6.36 Å². The van der Waals surface area contributed by atoms with E-state index in [0.717, 1.165) is 0 Å². The molecule has 2 rings (SSSR count). The van der Waals surface area contributed by atoms with E-state index >= 15 is 0 Å². The van der Waals surface area contributed by atoms with E-state index in [4.69, 9.17) is 11.3 Å². The maximum absolute atomic E-state index is 12.0. The van der Waals surface area contributed by atoms with Gasteiger partial charge < -0.3 is 9.47 Å². The van der Waals surface area contributed by atoms with E-state index < -0.39 is 6.36 Å².